The highest BCUT2D eigenvalue weighted by atomic mass is 79.9. The van der Waals surface area contributed by atoms with Gasteiger partial charge < -0.3 is 20.7 Å². The first kappa shape index (κ1) is 13.8. The molecule has 4 N–H and O–H groups in total. The van der Waals surface area contributed by atoms with E-state index in [-0.39, 0.29) is 17.9 Å². The van der Waals surface area contributed by atoms with Gasteiger partial charge in [0.2, 0.25) is 0 Å². The maximum Gasteiger partial charge on any atom is 0.305 e. The molecular weight excluding hydrogens is 290 g/mol. The second-order valence-electron chi connectivity index (χ2n) is 3.68. The lowest BCUT2D eigenvalue weighted by molar-refractivity contribution is -0.137. The number of hydrogen-bond donors (Lipinski definition) is 3. The van der Waals surface area contributed by atoms with Crippen LogP contribution in [0.2, 0.25) is 0 Å². The number of nitrogens with two attached hydrogens (primary N) is 1. The zero-order valence-corrected chi connectivity index (χ0v) is 11.1. The molecule has 0 aliphatic carbocycles. The second kappa shape index (κ2) is 5.37. The van der Waals surface area contributed by atoms with Crippen LogP contribution in [0.1, 0.15) is 23.6 Å². The summed E-state index contributed by atoms with van der Waals surface area (Å²) in [6.07, 6.45) is -0.251. The number of phenols is 1. The van der Waals surface area contributed by atoms with Crippen LogP contribution in [-0.2, 0) is 4.79 Å². The van der Waals surface area contributed by atoms with Gasteiger partial charge in [0, 0.05) is 11.6 Å². The van der Waals surface area contributed by atoms with Crippen LogP contribution in [0.25, 0.3) is 0 Å². The molecule has 17 heavy (non-hydrogen) atoms. The minimum Gasteiger partial charge on any atom is -0.504 e. The van der Waals surface area contributed by atoms with Gasteiger partial charge in [0.1, 0.15) is 0 Å². The highest BCUT2D eigenvalue weighted by molar-refractivity contribution is 9.10. The number of aryl methyl sites for hydroxylation is 1. The molecule has 0 aliphatic rings. The summed E-state index contributed by atoms with van der Waals surface area (Å²) >= 11 is 3.25. The van der Waals surface area contributed by atoms with E-state index in [0.29, 0.717) is 15.6 Å². The molecule has 0 heterocycles. The third-order valence-electron chi connectivity index (χ3n) is 2.42. The van der Waals surface area contributed by atoms with Gasteiger partial charge in [0.05, 0.1) is 18.0 Å². The Balaban J connectivity index is 3.28. The van der Waals surface area contributed by atoms with Crippen molar-refractivity contribution in [1.82, 2.24) is 0 Å². The monoisotopic (exact) mass is 303 g/mol. The molecule has 1 rings (SSSR count). The molecule has 0 amide bonds. The van der Waals surface area contributed by atoms with Gasteiger partial charge in [-0.15, -0.1) is 0 Å². The molecular formula is C11H14BrNO4. The van der Waals surface area contributed by atoms with E-state index in [9.17, 15) is 9.90 Å². The van der Waals surface area contributed by atoms with Gasteiger partial charge in [-0.2, -0.15) is 0 Å². The smallest absolute Gasteiger partial charge is 0.305 e. The molecule has 1 aromatic rings. The van der Waals surface area contributed by atoms with Gasteiger partial charge in [-0.3, -0.25) is 4.79 Å². The van der Waals surface area contributed by atoms with Crippen LogP contribution in [-0.4, -0.2) is 23.3 Å². The summed E-state index contributed by atoms with van der Waals surface area (Å²) in [6.45, 7) is 1.75. The van der Waals surface area contributed by atoms with Gasteiger partial charge in [-0.1, -0.05) is 0 Å². The van der Waals surface area contributed by atoms with Gasteiger partial charge in [-0.25, -0.2) is 0 Å². The first-order valence-corrected chi connectivity index (χ1v) is 5.71. The van der Waals surface area contributed by atoms with Crippen LogP contribution in [0.3, 0.4) is 0 Å². The lowest BCUT2D eigenvalue weighted by atomic mass is 9.98. The van der Waals surface area contributed by atoms with E-state index < -0.39 is 12.0 Å². The van der Waals surface area contributed by atoms with E-state index in [1.54, 1.807) is 13.0 Å². The van der Waals surface area contributed by atoms with E-state index in [2.05, 4.69) is 15.9 Å². The molecule has 0 fully saturated rings. The Bertz CT molecular complexity index is 448. The lowest BCUT2D eigenvalue weighted by Gasteiger charge is -2.17. The Kier molecular flexibility index (Phi) is 4.36. The molecule has 1 aromatic carbocycles. The maximum absolute atomic E-state index is 10.6. The Labute approximate surface area is 107 Å². The molecule has 1 unspecified atom stereocenters. The number of rotatable bonds is 4. The van der Waals surface area contributed by atoms with Crippen LogP contribution in [0, 0.1) is 6.92 Å². The summed E-state index contributed by atoms with van der Waals surface area (Å²) in [6, 6.07) is 0.963. The van der Waals surface area contributed by atoms with Crippen LogP contribution < -0.4 is 10.5 Å². The number of aliphatic carboxylic acids is 1. The first-order chi connectivity index (χ1) is 7.88. The number of benzene rings is 1. The lowest BCUT2D eigenvalue weighted by Crippen LogP contribution is -2.16. The number of ether oxygens (including phenoxy) is 1. The normalized spacial score (nSPS) is 12.2. The summed E-state index contributed by atoms with van der Waals surface area (Å²) in [5, 5.41) is 18.7. The molecule has 94 valence electrons. The molecule has 0 aromatic heterocycles. The SMILES string of the molecule is COc1c(Br)cc(C)c(C(N)CC(=O)O)c1O. The fraction of sp³-hybridized carbons (Fsp3) is 0.364. The van der Waals surface area contributed by atoms with Crippen LogP contribution >= 0.6 is 15.9 Å². The Hall–Kier alpha value is -1.27. The number of carboxylic acid groups (broad SMARTS) is 1. The third-order valence-corrected chi connectivity index (χ3v) is 3.01. The molecule has 0 spiro atoms. The van der Waals surface area contributed by atoms with Crippen LogP contribution in [0.5, 0.6) is 11.5 Å². The van der Waals surface area contributed by atoms with E-state index in [1.165, 1.54) is 7.11 Å². The number of carbonyl (C=O) groups is 1. The van der Waals surface area contributed by atoms with E-state index in [4.69, 9.17) is 15.6 Å². The number of phenolic OH excluding ortho intramolecular Hbond substituents is 1. The van der Waals surface area contributed by atoms with Crippen LogP contribution in [0.4, 0.5) is 0 Å². The van der Waals surface area contributed by atoms with E-state index in [1.807, 2.05) is 0 Å². The highest BCUT2D eigenvalue weighted by Crippen LogP contribution is 2.41. The number of halogens is 1. The third kappa shape index (κ3) is 2.89. The maximum atomic E-state index is 10.6. The van der Waals surface area contributed by atoms with Gasteiger partial charge in [-0.05, 0) is 34.5 Å². The zero-order valence-electron chi connectivity index (χ0n) is 9.53. The molecule has 0 saturated carbocycles. The minimum atomic E-state index is -1.02. The summed E-state index contributed by atoms with van der Waals surface area (Å²) in [7, 11) is 1.42. The van der Waals surface area contributed by atoms with Crippen LogP contribution in [0.15, 0.2) is 10.5 Å². The van der Waals surface area contributed by atoms with Gasteiger partial charge in [0.25, 0.3) is 0 Å². The quantitative estimate of drug-likeness (QED) is 0.790. The Morgan fingerprint density at radius 2 is 2.24 bits per heavy atom. The topological polar surface area (TPSA) is 92.8 Å². The molecule has 0 radical (unpaired) electrons. The van der Waals surface area contributed by atoms with Crippen molar-refractivity contribution in [2.45, 2.75) is 19.4 Å². The van der Waals surface area contributed by atoms with Crippen molar-refractivity contribution in [3.8, 4) is 11.5 Å². The molecule has 6 heteroatoms. The van der Waals surface area contributed by atoms with Crippen molar-refractivity contribution in [3.63, 3.8) is 0 Å². The van der Waals surface area contributed by atoms with Crippen molar-refractivity contribution < 1.29 is 19.7 Å². The number of methoxy groups -OCH3 is 1. The highest BCUT2D eigenvalue weighted by Gasteiger charge is 2.21. The predicted octanol–water partition coefficient (Wildman–Crippen LogP) is 1.95. The molecule has 1 atom stereocenters. The number of carboxylic acids is 1. The summed E-state index contributed by atoms with van der Waals surface area (Å²) in [5.74, 6) is -0.877. The van der Waals surface area contributed by atoms with Crippen molar-refractivity contribution in [1.29, 1.82) is 0 Å². The molecule has 0 saturated heterocycles. The first-order valence-electron chi connectivity index (χ1n) is 4.91. The minimum absolute atomic E-state index is 0.117. The molecule has 5 nitrogen and oxygen atoms in total. The average molecular weight is 304 g/mol. The largest absolute Gasteiger partial charge is 0.504 e. The fourth-order valence-electron chi connectivity index (χ4n) is 1.71. The summed E-state index contributed by atoms with van der Waals surface area (Å²) in [4.78, 5) is 10.6. The van der Waals surface area contributed by atoms with Crippen molar-refractivity contribution in [2.75, 3.05) is 7.11 Å². The predicted molar refractivity (Wildman–Crippen MR) is 66.3 cm³/mol. The number of hydrogen-bond acceptors (Lipinski definition) is 4. The van der Waals surface area contributed by atoms with Gasteiger partial charge >= 0.3 is 5.97 Å². The van der Waals surface area contributed by atoms with Crippen molar-refractivity contribution in [3.05, 3.63) is 21.7 Å². The van der Waals surface area contributed by atoms with Crippen molar-refractivity contribution >= 4 is 21.9 Å². The fourth-order valence-corrected chi connectivity index (χ4v) is 2.40. The Morgan fingerprint density at radius 3 is 2.71 bits per heavy atom. The summed E-state index contributed by atoms with van der Waals surface area (Å²) in [5.41, 5.74) is 6.87. The van der Waals surface area contributed by atoms with Crippen molar-refractivity contribution in [2.24, 2.45) is 5.73 Å². The molecule has 0 bridgehead atoms. The Morgan fingerprint density at radius 1 is 1.65 bits per heavy atom. The second-order valence-corrected chi connectivity index (χ2v) is 4.53. The van der Waals surface area contributed by atoms with Gasteiger partial charge in [0.15, 0.2) is 11.5 Å². The standard InChI is InChI=1S/C11H14BrNO4/c1-5-3-6(12)11(17-2)10(16)9(5)7(13)4-8(14)15/h3,7,16H,4,13H2,1-2H3,(H,14,15). The average Bonchev–Trinajstić information content (AvgIpc) is 2.15. The number of aromatic hydroxyl groups is 1. The molecule has 0 aliphatic heterocycles. The van der Waals surface area contributed by atoms with E-state index >= 15 is 0 Å². The summed E-state index contributed by atoms with van der Waals surface area (Å²) < 4.78 is 5.63. The zero-order chi connectivity index (χ0) is 13.2. The van der Waals surface area contributed by atoms with E-state index in [0.717, 1.165) is 0 Å².